The lowest BCUT2D eigenvalue weighted by Gasteiger charge is -2.23. The van der Waals surface area contributed by atoms with E-state index < -0.39 is 15.1 Å². The standard InChI is InChI=1S/C13H19BrFNO2S/c1-4-16-13(9(2)19(3,17)18)8-10-5-6-12(15)11(14)7-10/h5-7,9,13,16H,4,8H2,1-3H3. The summed E-state index contributed by atoms with van der Waals surface area (Å²) in [7, 11) is -3.11. The van der Waals surface area contributed by atoms with Gasteiger partial charge < -0.3 is 5.32 Å². The molecule has 0 spiro atoms. The summed E-state index contributed by atoms with van der Waals surface area (Å²) in [4.78, 5) is 0. The molecular formula is C13H19BrFNO2S. The van der Waals surface area contributed by atoms with Crippen molar-refractivity contribution < 1.29 is 12.8 Å². The lowest BCUT2D eigenvalue weighted by molar-refractivity contribution is 0.493. The Bertz CT molecular complexity index is 533. The molecule has 0 aliphatic carbocycles. The molecule has 0 saturated carbocycles. The van der Waals surface area contributed by atoms with Crippen molar-refractivity contribution in [3.8, 4) is 0 Å². The zero-order valence-corrected chi connectivity index (χ0v) is 13.7. The number of hydrogen-bond donors (Lipinski definition) is 1. The van der Waals surface area contributed by atoms with Gasteiger partial charge in [-0.15, -0.1) is 0 Å². The van der Waals surface area contributed by atoms with Gasteiger partial charge in [0.15, 0.2) is 9.84 Å². The van der Waals surface area contributed by atoms with Gasteiger partial charge in [-0.25, -0.2) is 12.8 Å². The van der Waals surface area contributed by atoms with Gasteiger partial charge in [-0.3, -0.25) is 0 Å². The van der Waals surface area contributed by atoms with Gasteiger partial charge in [0.2, 0.25) is 0 Å². The Balaban J connectivity index is 2.92. The summed E-state index contributed by atoms with van der Waals surface area (Å²) in [6, 6.07) is 4.57. The van der Waals surface area contributed by atoms with Crippen molar-refractivity contribution in [1.29, 1.82) is 0 Å². The summed E-state index contributed by atoms with van der Waals surface area (Å²) in [5, 5.41) is 2.69. The Labute approximate surface area is 122 Å². The van der Waals surface area contributed by atoms with E-state index in [4.69, 9.17) is 0 Å². The average molecular weight is 352 g/mol. The number of likely N-dealkylation sites (N-methyl/N-ethyl adjacent to an activating group) is 1. The number of hydrogen-bond acceptors (Lipinski definition) is 3. The molecule has 108 valence electrons. The predicted octanol–water partition coefficient (Wildman–Crippen LogP) is 2.54. The minimum absolute atomic E-state index is 0.183. The molecule has 0 fully saturated rings. The van der Waals surface area contributed by atoms with Gasteiger partial charge in [-0.1, -0.05) is 13.0 Å². The SMILES string of the molecule is CCNC(Cc1ccc(F)c(Br)c1)C(C)S(C)(=O)=O. The van der Waals surface area contributed by atoms with Crippen LogP contribution in [-0.4, -0.2) is 32.5 Å². The summed E-state index contributed by atoms with van der Waals surface area (Å²) in [5.74, 6) is -0.320. The fourth-order valence-corrected chi connectivity index (χ4v) is 3.10. The van der Waals surface area contributed by atoms with Crippen LogP contribution in [0, 0.1) is 5.82 Å². The molecule has 0 aliphatic heterocycles. The van der Waals surface area contributed by atoms with Crippen molar-refractivity contribution in [2.75, 3.05) is 12.8 Å². The number of benzene rings is 1. The Morgan fingerprint density at radius 1 is 1.42 bits per heavy atom. The molecule has 2 atom stereocenters. The maximum atomic E-state index is 13.2. The highest BCUT2D eigenvalue weighted by atomic mass is 79.9. The van der Waals surface area contributed by atoms with Crippen molar-refractivity contribution in [1.82, 2.24) is 5.32 Å². The Morgan fingerprint density at radius 3 is 2.53 bits per heavy atom. The van der Waals surface area contributed by atoms with E-state index in [1.165, 1.54) is 12.3 Å². The molecular weight excluding hydrogens is 333 g/mol. The van der Waals surface area contributed by atoms with E-state index in [0.29, 0.717) is 17.4 Å². The molecule has 0 aliphatic rings. The Kier molecular flexibility index (Phi) is 5.95. The molecule has 1 aromatic rings. The van der Waals surface area contributed by atoms with E-state index in [-0.39, 0.29) is 11.9 Å². The first-order valence-corrected chi connectivity index (χ1v) is 8.86. The maximum absolute atomic E-state index is 13.2. The third-order valence-electron chi connectivity index (χ3n) is 3.15. The monoisotopic (exact) mass is 351 g/mol. The second kappa shape index (κ2) is 6.81. The minimum Gasteiger partial charge on any atom is -0.313 e. The van der Waals surface area contributed by atoms with Crippen LogP contribution >= 0.6 is 15.9 Å². The average Bonchev–Trinajstić information content (AvgIpc) is 2.31. The van der Waals surface area contributed by atoms with Gasteiger partial charge in [0.25, 0.3) is 0 Å². The summed E-state index contributed by atoms with van der Waals surface area (Å²) in [6.45, 7) is 4.32. The van der Waals surface area contributed by atoms with Gasteiger partial charge >= 0.3 is 0 Å². The largest absolute Gasteiger partial charge is 0.313 e. The first-order chi connectivity index (χ1) is 8.75. The van der Waals surface area contributed by atoms with Gasteiger partial charge in [0.1, 0.15) is 5.82 Å². The molecule has 3 nitrogen and oxygen atoms in total. The lowest BCUT2D eigenvalue weighted by atomic mass is 10.0. The van der Waals surface area contributed by atoms with Crippen LogP contribution in [0.25, 0.3) is 0 Å². The first-order valence-electron chi connectivity index (χ1n) is 6.12. The predicted molar refractivity (Wildman–Crippen MR) is 79.6 cm³/mol. The third-order valence-corrected chi connectivity index (χ3v) is 5.43. The van der Waals surface area contributed by atoms with Crippen LogP contribution in [0.2, 0.25) is 0 Å². The lowest BCUT2D eigenvalue weighted by Crippen LogP contribution is -2.43. The van der Waals surface area contributed by atoms with Gasteiger partial charge in [0.05, 0.1) is 9.72 Å². The number of halogens is 2. The molecule has 19 heavy (non-hydrogen) atoms. The normalized spacial score (nSPS) is 15.2. The highest BCUT2D eigenvalue weighted by Gasteiger charge is 2.25. The smallest absolute Gasteiger partial charge is 0.151 e. The van der Waals surface area contributed by atoms with Crippen LogP contribution in [0.5, 0.6) is 0 Å². The van der Waals surface area contributed by atoms with Crippen LogP contribution < -0.4 is 5.32 Å². The Morgan fingerprint density at radius 2 is 2.05 bits per heavy atom. The zero-order chi connectivity index (χ0) is 14.6. The molecule has 0 aromatic heterocycles. The van der Waals surface area contributed by atoms with Crippen molar-refractivity contribution in [3.05, 3.63) is 34.1 Å². The highest BCUT2D eigenvalue weighted by molar-refractivity contribution is 9.10. The zero-order valence-electron chi connectivity index (χ0n) is 11.3. The first kappa shape index (κ1) is 16.6. The molecule has 0 amide bonds. The van der Waals surface area contributed by atoms with E-state index in [9.17, 15) is 12.8 Å². The summed E-state index contributed by atoms with van der Waals surface area (Å²) in [6.07, 6.45) is 1.78. The quantitative estimate of drug-likeness (QED) is 0.856. The second-order valence-electron chi connectivity index (χ2n) is 4.65. The van der Waals surface area contributed by atoms with Crippen molar-refractivity contribution in [2.24, 2.45) is 0 Å². The van der Waals surface area contributed by atoms with E-state index in [1.807, 2.05) is 6.92 Å². The molecule has 0 bridgehead atoms. The number of rotatable bonds is 6. The molecule has 1 N–H and O–H groups in total. The van der Waals surface area contributed by atoms with E-state index in [0.717, 1.165) is 5.56 Å². The summed E-state index contributed by atoms with van der Waals surface area (Å²) < 4.78 is 36.9. The van der Waals surface area contributed by atoms with Gasteiger partial charge in [-0.2, -0.15) is 0 Å². The fourth-order valence-electron chi connectivity index (χ4n) is 1.89. The summed E-state index contributed by atoms with van der Waals surface area (Å²) in [5.41, 5.74) is 0.898. The third kappa shape index (κ3) is 4.85. The summed E-state index contributed by atoms with van der Waals surface area (Å²) >= 11 is 3.14. The molecule has 1 aromatic carbocycles. The van der Waals surface area contributed by atoms with Crippen molar-refractivity contribution >= 4 is 25.8 Å². The molecule has 2 unspecified atom stereocenters. The van der Waals surface area contributed by atoms with Gasteiger partial charge in [-0.05, 0) is 53.5 Å². The van der Waals surface area contributed by atoms with Gasteiger partial charge in [0, 0.05) is 12.3 Å². The topological polar surface area (TPSA) is 46.2 Å². The molecule has 1 rings (SSSR count). The van der Waals surface area contributed by atoms with Crippen LogP contribution in [0.3, 0.4) is 0 Å². The van der Waals surface area contributed by atoms with Crippen LogP contribution in [-0.2, 0) is 16.3 Å². The van der Waals surface area contributed by atoms with Crippen molar-refractivity contribution in [3.63, 3.8) is 0 Å². The van der Waals surface area contributed by atoms with E-state index >= 15 is 0 Å². The van der Waals surface area contributed by atoms with Crippen molar-refractivity contribution in [2.45, 2.75) is 31.6 Å². The fraction of sp³-hybridized carbons (Fsp3) is 0.538. The van der Waals surface area contributed by atoms with E-state index in [2.05, 4.69) is 21.2 Å². The maximum Gasteiger partial charge on any atom is 0.151 e. The molecule has 6 heteroatoms. The second-order valence-corrected chi connectivity index (χ2v) is 7.91. The highest BCUT2D eigenvalue weighted by Crippen LogP contribution is 2.19. The van der Waals surface area contributed by atoms with Crippen LogP contribution in [0.15, 0.2) is 22.7 Å². The molecule has 0 saturated heterocycles. The van der Waals surface area contributed by atoms with Crippen LogP contribution in [0.4, 0.5) is 4.39 Å². The van der Waals surface area contributed by atoms with E-state index in [1.54, 1.807) is 19.1 Å². The Hall–Kier alpha value is -0.460. The number of sulfone groups is 1. The van der Waals surface area contributed by atoms with Crippen LogP contribution in [0.1, 0.15) is 19.4 Å². The minimum atomic E-state index is -3.11. The molecule has 0 radical (unpaired) electrons. The molecule has 0 heterocycles. The number of nitrogens with one attached hydrogen (secondary N) is 1.